The van der Waals surface area contributed by atoms with E-state index in [0.29, 0.717) is 0 Å². The van der Waals surface area contributed by atoms with Crippen LogP contribution in [0.4, 0.5) is 127 Å². The molecule has 0 saturated carbocycles. The Kier molecular flexibility index (Phi) is 11.5. The molecule has 1 N–H and O–H groups in total. The maximum absolute atomic E-state index is 14.3. The number of halogens is 29. The minimum absolute atomic E-state index is 0.808. The van der Waals surface area contributed by atoms with Crippen molar-refractivity contribution < 1.29 is 156 Å². The summed E-state index contributed by atoms with van der Waals surface area (Å²) in [6, 6.07) is 0. The van der Waals surface area contributed by atoms with Crippen molar-refractivity contribution in [2.45, 2.75) is 84.7 Å². The molecule has 0 heterocycles. The second kappa shape index (κ2) is 12.2. The van der Waals surface area contributed by atoms with Crippen LogP contribution in [0.2, 0.25) is 0 Å². The number of hydrogen-bond donors (Lipinski definition) is 1. The van der Waals surface area contributed by atoms with E-state index in [-0.39, 0.29) is 0 Å². The number of carbonyl (C=O) groups is 1. The van der Waals surface area contributed by atoms with Gasteiger partial charge in [-0.2, -0.15) is 127 Å². The van der Waals surface area contributed by atoms with Gasteiger partial charge in [-0.15, -0.1) is 0 Å². The van der Waals surface area contributed by atoms with Gasteiger partial charge in [-0.3, -0.25) is 18.9 Å². The Morgan fingerprint density at radius 2 is 0.540 bits per heavy atom. The van der Waals surface area contributed by atoms with Crippen LogP contribution >= 0.6 is 0 Å². The highest BCUT2D eigenvalue weighted by Crippen LogP contribution is 2.61. The molecule has 4 atom stereocenters. The molecule has 0 aromatic carbocycles. The molecule has 0 rings (SSSR count). The van der Waals surface area contributed by atoms with E-state index in [2.05, 4.69) is 0 Å². The molecule has 0 radical (unpaired) electrons. The summed E-state index contributed by atoms with van der Waals surface area (Å²) in [7, 11) is 0. The highest BCUT2D eigenvalue weighted by Gasteiger charge is 2.90. The average Bonchev–Trinajstić information content (AvgIpc) is 2.78. The lowest BCUT2D eigenvalue weighted by Crippen LogP contribution is -2.72. The van der Waals surface area contributed by atoms with E-state index in [1.54, 1.807) is 0 Å². The Bertz CT molecular complexity index is 1230. The van der Waals surface area contributed by atoms with Gasteiger partial charge in [0.15, 0.2) is 0 Å². The van der Waals surface area contributed by atoms with Crippen LogP contribution in [0.15, 0.2) is 0 Å². The van der Waals surface area contributed by atoms with Crippen LogP contribution in [0.1, 0.15) is 0 Å². The van der Waals surface area contributed by atoms with Gasteiger partial charge in [-0.25, -0.2) is 4.79 Å². The molecule has 0 amide bonds. The molecule has 0 aromatic heterocycles. The first-order valence-corrected chi connectivity index (χ1v) is 10.0. The van der Waals surface area contributed by atoms with Gasteiger partial charge in [0.2, 0.25) is 0 Å². The zero-order valence-corrected chi connectivity index (χ0v) is 20.9. The molecule has 50 heavy (non-hydrogen) atoms. The molecule has 0 aliphatic heterocycles. The van der Waals surface area contributed by atoms with Crippen molar-refractivity contribution in [1.82, 2.24) is 0 Å². The lowest BCUT2D eigenvalue weighted by Gasteiger charge is -2.43. The van der Waals surface area contributed by atoms with Crippen LogP contribution in [0, 0.1) is 0 Å². The van der Waals surface area contributed by atoms with Crippen molar-refractivity contribution in [2.24, 2.45) is 0 Å². The lowest BCUT2D eigenvalue weighted by molar-refractivity contribution is -0.592. The molecule has 0 spiro atoms. The highest BCUT2D eigenvalue weighted by molar-refractivity contribution is 5.76. The van der Waals surface area contributed by atoms with Crippen molar-refractivity contribution in [3.8, 4) is 0 Å². The molecule has 0 aromatic rings. The van der Waals surface area contributed by atoms with Crippen LogP contribution in [0.3, 0.4) is 0 Å². The summed E-state index contributed by atoms with van der Waals surface area (Å²) >= 11 is 0. The number of aliphatic carboxylic acids is 1. The third-order valence-corrected chi connectivity index (χ3v) is 4.65. The maximum Gasteiger partial charge on any atom is 0.462 e. The summed E-state index contributed by atoms with van der Waals surface area (Å²) in [5.41, 5.74) is 0. The number of carboxylic acids is 1. The van der Waals surface area contributed by atoms with Crippen molar-refractivity contribution in [3.05, 3.63) is 0 Å². The zero-order valence-electron chi connectivity index (χ0n) is 20.9. The molecular weight excluding hydrogens is 827 g/mol. The van der Waals surface area contributed by atoms with E-state index in [0.717, 1.165) is 14.2 Å². The Labute approximate surface area is 248 Å². The van der Waals surface area contributed by atoms with Gasteiger partial charge in [0.05, 0.1) is 0 Å². The Balaban J connectivity index is 7.69. The Morgan fingerprint density at radius 1 is 0.320 bits per heavy atom. The van der Waals surface area contributed by atoms with Gasteiger partial charge in [-0.1, -0.05) is 0 Å². The topological polar surface area (TPSA) is 74.2 Å². The molecule has 35 heteroatoms. The Morgan fingerprint density at radius 3 is 0.720 bits per heavy atom. The predicted molar refractivity (Wildman–Crippen MR) is 82.3 cm³/mol. The minimum Gasteiger partial charge on any atom is -0.477 e. The number of ether oxygens (including phenoxy) is 4. The van der Waals surface area contributed by atoms with E-state index in [9.17, 15) is 132 Å². The fraction of sp³-hybridized carbons (Fsp3) is 0.933. The summed E-state index contributed by atoms with van der Waals surface area (Å²) < 4.78 is 386. The van der Waals surface area contributed by atoms with Crippen LogP contribution in [-0.2, 0) is 23.7 Å². The molecule has 6 nitrogen and oxygen atoms in total. The van der Waals surface area contributed by atoms with Gasteiger partial charge in [0, 0.05) is 0 Å². The number of alkyl halides is 29. The van der Waals surface area contributed by atoms with Crippen LogP contribution < -0.4 is 0 Å². The third kappa shape index (κ3) is 7.57. The second-order valence-electron chi connectivity index (χ2n) is 8.22. The van der Waals surface area contributed by atoms with E-state index in [1.807, 2.05) is 0 Å². The molecule has 0 aliphatic carbocycles. The summed E-state index contributed by atoms with van der Waals surface area (Å²) in [6.45, 7) is 0. The van der Waals surface area contributed by atoms with Gasteiger partial charge in [0.25, 0.3) is 0 Å². The van der Waals surface area contributed by atoms with E-state index >= 15 is 0 Å². The molecule has 300 valence electrons. The smallest absolute Gasteiger partial charge is 0.462 e. The lowest BCUT2D eigenvalue weighted by atomic mass is 10.2. The zero-order chi connectivity index (χ0) is 41.4. The molecule has 0 fully saturated rings. The molecule has 0 bridgehead atoms. The Hall–Kier alpha value is -2.72. The standard InChI is InChI=1S/C15HF29O6/c16-2(1(45)46,7(22,23)24)47-13(39,40)4(19,9(28,29)30)49-15(43,44)6(21,11(34,35)36)50-14(41,42)5(20,10(31,32)33)48-12(37,38)3(17,18)8(25,26)27/h(H,45,46)/t2-,4+,5+,6-/m0/s1. The normalized spacial score (nSPS) is 20.4. The highest BCUT2D eigenvalue weighted by atomic mass is 19.4. The third-order valence-electron chi connectivity index (χ3n) is 4.65. The van der Waals surface area contributed by atoms with Gasteiger partial charge < -0.3 is 5.11 Å². The first-order valence-electron chi connectivity index (χ1n) is 10.0. The van der Waals surface area contributed by atoms with Gasteiger partial charge >= 0.3 is 90.6 Å². The molecule has 0 aliphatic rings. The summed E-state index contributed by atoms with van der Waals surface area (Å²) in [6.07, 6.45) is -77.8. The molecular formula is C15HF29O6. The first kappa shape index (κ1) is 47.3. The first-order chi connectivity index (χ1) is 21.0. The summed E-state index contributed by atoms with van der Waals surface area (Å²) in [5, 5.41) is 7.95. The van der Waals surface area contributed by atoms with Gasteiger partial charge in [-0.05, 0) is 0 Å². The number of hydrogen-bond acceptors (Lipinski definition) is 5. The summed E-state index contributed by atoms with van der Waals surface area (Å²) in [5.74, 6) is -47.9. The predicted octanol–water partition coefficient (Wildman–Crippen LogP) is 8.62. The van der Waals surface area contributed by atoms with Crippen molar-refractivity contribution >= 4 is 5.97 Å². The fourth-order valence-electron chi connectivity index (χ4n) is 2.20. The van der Waals surface area contributed by atoms with Crippen molar-refractivity contribution in [1.29, 1.82) is 0 Å². The quantitative estimate of drug-likeness (QED) is 0.188. The van der Waals surface area contributed by atoms with Crippen LogP contribution in [-0.4, -0.2) is 95.7 Å². The SMILES string of the molecule is O=C(O)[C@](F)(OC(F)(F)[C@](F)(OC(F)(F)[C@@](F)(OC(F)(F)[C@](F)(OC(F)(F)C(F)(F)C(F)(F)F)C(F)(F)F)C(F)(F)F)C(F)(F)F)C(F)(F)F. The van der Waals surface area contributed by atoms with E-state index in [1.165, 1.54) is 4.74 Å². The monoisotopic (exact) mass is 828 g/mol. The largest absolute Gasteiger partial charge is 0.477 e. The molecule has 0 saturated heterocycles. The van der Waals surface area contributed by atoms with Crippen LogP contribution in [0.5, 0.6) is 0 Å². The van der Waals surface area contributed by atoms with E-state index in [4.69, 9.17) is 5.11 Å². The number of carboxylic acid groups (broad SMARTS) is 1. The second-order valence-corrected chi connectivity index (χ2v) is 8.22. The average molecular weight is 828 g/mol. The van der Waals surface area contributed by atoms with Gasteiger partial charge in [0.1, 0.15) is 0 Å². The minimum atomic E-state index is -9.26. The van der Waals surface area contributed by atoms with E-state index < -0.39 is 90.6 Å². The van der Waals surface area contributed by atoms with Crippen molar-refractivity contribution in [3.63, 3.8) is 0 Å². The fourth-order valence-corrected chi connectivity index (χ4v) is 2.20. The maximum atomic E-state index is 14.3. The van der Waals surface area contributed by atoms with Crippen molar-refractivity contribution in [2.75, 3.05) is 0 Å². The number of rotatable bonds is 13. The summed E-state index contributed by atoms with van der Waals surface area (Å²) in [4.78, 5) is 10.3. The molecule has 0 unspecified atom stereocenters. The van der Waals surface area contributed by atoms with Crippen LogP contribution in [0.25, 0.3) is 0 Å².